The lowest BCUT2D eigenvalue weighted by Crippen LogP contribution is -2.50. The first kappa shape index (κ1) is 22.8. The van der Waals surface area contributed by atoms with E-state index in [2.05, 4.69) is 10.6 Å². The summed E-state index contributed by atoms with van der Waals surface area (Å²) in [6, 6.07) is 0.912. The predicted molar refractivity (Wildman–Crippen MR) is 93.3 cm³/mol. The number of anilines is 1. The zero-order valence-electron chi connectivity index (χ0n) is 13.4. The van der Waals surface area contributed by atoms with Crippen molar-refractivity contribution in [3.63, 3.8) is 0 Å². The molecule has 1 aromatic carbocycles. The number of nitrogens with two attached hydrogens (primary N) is 1. The van der Waals surface area contributed by atoms with Gasteiger partial charge in [0, 0.05) is 17.8 Å². The minimum absolute atomic E-state index is 0. The van der Waals surface area contributed by atoms with Crippen molar-refractivity contribution in [1.29, 1.82) is 0 Å². The minimum atomic E-state index is -4.90. The Morgan fingerprint density at radius 3 is 1.92 bits per heavy atom. The second kappa shape index (κ2) is 8.62. The predicted octanol–water partition coefficient (Wildman–Crippen LogP) is 4.70. The quantitative estimate of drug-likeness (QED) is 0.478. The van der Waals surface area contributed by atoms with Gasteiger partial charge in [-0.15, -0.1) is 12.4 Å². The smallest absolute Gasteiger partial charge is 0.358 e. The summed E-state index contributed by atoms with van der Waals surface area (Å²) in [6.45, 7) is 0. The number of alkyl halides is 6. The molecule has 2 atom stereocenters. The van der Waals surface area contributed by atoms with E-state index in [1.54, 1.807) is 0 Å². The molecular formula is C15H18ClF6N3S. The summed E-state index contributed by atoms with van der Waals surface area (Å²) >= 11 is 5.00. The molecule has 4 N–H and O–H groups in total. The maximum atomic E-state index is 12.8. The van der Waals surface area contributed by atoms with Crippen LogP contribution in [0.25, 0.3) is 0 Å². The maximum absolute atomic E-state index is 12.8. The molecule has 1 aliphatic carbocycles. The molecule has 0 aromatic heterocycles. The second-order valence-corrected chi connectivity index (χ2v) is 6.36. The van der Waals surface area contributed by atoms with Gasteiger partial charge >= 0.3 is 12.4 Å². The van der Waals surface area contributed by atoms with Gasteiger partial charge in [0.1, 0.15) is 0 Å². The van der Waals surface area contributed by atoms with Crippen molar-refractivity contribution in [2.45, 2.75) is 50.1 Å². The first-order chi connectivity index (χ1) is 11.5. The van der Waals surface area contributed by atoms with Crippen LogP contribution in [0, 0.1) is 0 Å². The molecule has 0 unspecified atom stereocenters. The molecule has 1 saturated carbocycles. The van der Waals surface area contributed by atoms with E-state index in [1.165, 1.54) is 0 Å². The van der Waals surface area contributed by atoms with Crippen LogP contribution in [0.2, 0.25) is 0 Å². The summed E-state index contributed by atoms with van der Waals surface area (Å²) in [5.41, 5.74) is 2.75. The van der Waals surface area contributed by atoms with E-state index in [0.717, 1.165) is 25.7 Å². The average Bonchev–Trinajstić information content (AvgIpc) is 2.47. The van der Waals surface area contributed by atoms with E-state index < -0.39 is 23.5 Å². The number of hydrogen-bond acceptors (Lipinski definition) is 2. The van der Waals surface area contributed by atoms with Crippen molar-refractivity contribution in [2.75, 3.05) is 5.32 Å². The monoisotopic (exact) mass is 421 g/mol. The molecule has 0 heterocycles. The van der Waals surface area contributed by atoms with E-state index in [9.17, 15) is 26.3 Å². The van der Waals surface area contributed by atoms with Crippen LogP contribution in [0.4, 0.5) is 32.0 Å². The number of hydrogen-bond donors (Lipinski definition) is 3. The molecule has 1 fully saturated rings. The fraction of sp³-hybridized carbons (Fsp3) is 0.533. The molecule has 1 aliphatic rings. The van der Waals surface area contributed by atoms with Gasteiger partial charge in [0.15, 0.2) is 5.11 Å². The lowest BCUT2D eigenvalue weighted by molar-refractivity contribution is -0.143. The zero-order valence-corrected chi connectivity index (χ0v) is 15.0. The highest BCUT2D eigenvalue weighted by Gasteiger charge is 2.37. The Kier molecular flexibility index (Phi) is 7.55. The van der Waals surface area contributed by atoms with Gasteiger partial charge in [-0.3, -0.25) is 0 Å². The van der Waals surface area contributed by atoms with Gasteiger partial charge in [0.05, 0.1) is 11.1 Å². The Labute approximate surface area is 158 Å². The van der Waals surface area contributed by atoms with E-state index in [1.807, 2.05) is 0 Å². The van der Waals surface area contributed by atoms with Gasteiger partial charge < -0.3 is 16.4 Å². The molecule has 3 nitrogen and oxygen atoms in total. The average molecular weight is 422 g/mol. The summed E-state index contributed by atoms with van der Waals surface area (Å²) < 4.78 is 77.0. The van der Waals surface area contributed by atoms with Gasteiger partial charge in [-0.1, -0.05) is 12.8 Å². The Hall–Kier alpha value is -1.26. The number of thiocarbonyl (C=S) groups is 1. The number of halogens is 7. The third-order valence-corrected chi connectivity index (χ3v) is 4.20. The normalized spacial score (nSPS) is 20.9. The number of nitrogens with one attached hydrogen (secondary N) is 2. The van der Waals surface area contributed by atoms with Crippen molar-refractivity contribution in [3.05, 3.63) is 29.3 Å². The topological polar surface area (TPSA) is 50.1 Å². The van der Waals surface area contributed by atoms with Crippen molar-refractivity contribution in [2.24, 2.45) is 5.73 Å². The molecule has 0 bridgehead atoms. The third kappa shape index (κ3) is 6.17. The second-order valence-electron chi connectivity index (χ2n) is 5.95. The van der Waals surface area contributed by atoms with Gasteiger partial charge in [0.25, 0.3) is 0 Å². The third-order valence-electron chi connectivity index (χ3n) is 3.98. The van der Waals surface area contributed by atoms with Crippen molar-refractivity contribution < 1.29 is 26.3 Å². The van der Waals surface area contributed by atoms with Gasteiger partial charge in [-0.25, -0.2) is 0 Å². The fourth-order valence-corrected chi connectivity index (χ4v) is 2.97. The molecule has 11 heteroatoms. The summed E-state index contributed by atoms with van der Waals surface area (Å²) in [5, 5.41) is 5.21. The fourth-order valence-electron chi connectivity index (χ4n) is 2.70. The Morgan fingerprint density at radius 1 is 0.962 bits per heavy atom. The molecular weight excluding hydrogens is 404 g/mol. The molecule has 0 aliphatic heterocycles. The lowest BCUT2D eigenvalue weighted by atomic mass is 9.91. The van der Waals surface area contributed by atoms with Crippen molar-refractivity contribution in [3.8, 4) is 0 Å². The molecule has 1 aromatic rings. The Balaban J connectivity index is 0.00000338. The molecule has 0 amide bonds. The highest BCUT2D eigenvalue weighted by Crippen LogP contribution is 2.37. The van der Waals surface area contributed by atoms with Crippen LogP contribution < -0.4 is 16.4 Å². The first-order valence-electron chi connectivity index (χ1n) is 7.59. The zero-order chi connectivity index (χ0) is 18.8. The van der Waals surface area contributed by atoms with Crippen molar-refractivity contribution >= 4 is 35.4 Å². The summed E-state index contributed by atoms with van der Waals surface area (Å²) in [6.07, 6.45) is -6.39. The molecule has 148 valence electrons. The Morgan fingerprint density at radius 2 is 1.46 bits per heavy atom. The summed E-state index contributed by atoms with van der Waals surface area (Å²) in [7, 11) is 0. The largest absolute Gasteiger partial charge is 0.416 e. The highest BCUT2D eigenvalue weighted by molar-refractivity contribution is 7.80. The highest BCUT2D eigenvalue weighted by atomic mass is 35.5. The van der Waals surface area contributed by atoms with E-state index in [0.29, 0.717) is 12.1 Å². The number of benzene rings is 1. The Bertz CT molecular complexity index is 603. The molecule has 26 heavy (non-hydrogen) atoms. The SMILES string of the molecule is Cl.N[C@H]1CCCC[C@@H]1NC(=S)Nc1cc(C(F)(F)F)cc(C(F)(F)F)c1. The van der Waals surface area contributed by atoms with Gasteiger partial charge in [0.2, 0.25) is 0 Å². The first-order valence-corrected chi connectivity index (χ1v) is 8.00. The maximum Gasteiger partial charge on any atom is 0.416 e. The van der Waals surface area contributed by atoms with Crippen LogP contribution in [-0.4, -0.2) is 17.2 Å². The number of rotatable bonds is 2. The van der Waals surface area contributed by atoms with E-state index in [-0.39, 0.29) is 41.4 Å². The molecule has 0 spiro atoms. The van der Waals surface area contributed by atoms with Gasteiger partial charge in [-0.2, -0.15) is 26.3 Å². The standard InChI is InChI=1S/C15H17F6N3S.ClH/c16-14(17,18)8-5-9(15(19,20)21)7-10(6-8)23-13(25)24-12-4-2-1-3-11(12)22;/h5-7,11-12H,1-4,22H2,(H2,23,24,25);1H/t11-,12-;/m0./s1. The summed E-state index contributed by atoms with van der Waals surface area (Å²) in [5.74, 6) is 0. The lowest BCUT2D eigenvalue weighted by Gasteiger charge is -2.30. The van der Waals surface area contributed by atoms with Crippen molar-refractivity contribution in [1.82, 2.24) is 5.32 Å². The molecule has 0 radical (unpaired) electrons. The van der Waals surface area contributed by atoms with Gasteiger partial charge in [-0.05, 0) is 43.3 Å². The van der Waals surface area contributed by atoms with Crippen LogP contribution in [0.5, 0.6) is 0 Å². The van der Waals surface area contributed by atoms with Crippen LogP contribution in [0.3, 0.4) is 0 Å². The molecule has 0 saturated heterocycles. The minimum Gasteiger partial charge on any atom is -0.358 e. The van der Waals surface area contributed by atoms with Crippen LogP contribution >= 0.6 is 24.6 Å². The van der Waals surface area contributed by atoms with Crippen LogP contribution in [-0.2, 0) is 12.4 Å². The van der Waals surface area contributed by atoms with Crippen LogP contribution in [0.1, 0.15) is 36.8 Å². The summed E-state index contributed by atoms with van der Waals surface area (Å²) in [4.78, 5) is 0. The van der Waals surface area contributed by atoms with Crippen LogP contribution in [0.15, 0.2) is 18.2 Å². The van der Waals surface area contributed by atoms with E-state index in [4.69, 9.17) is 18.0 Å². The molecule has 2 rings (SSSR count). The van der Waals surface area contributed by atoms with E-state index >= 15 is 0 Å².